The molecule has 5 rings (SSSR count). The van der Waals surface area contributed by atoms with Crippen LogP contribution in [0.25, 0.3) is 0 Å². The summed E-state index contributed by atoms with van der Waals surface area (Å²) in [5.74, 6) is -2.36. The average Bonchev–Trinajstić information content (AvgIpc) is 2.96. The maximum absolute atomic E-state index is 15.5. The number of aryl methyl sites for hydroxylation is 3. The second-order valence-electron chi connectivity index (χ2n) is 11.4. The van der Waals surface area contributed by atoms with Crippen molar-refractivity contribution >= 4 is 40.8 Å². The molecule has 1 aliphatic heterocycles. The molecular formula is C33H34ClF3N6O2. The molecule has 2 unspecified atom stereocenters. The smallest absolute Gasteiger partial charge is 0.413 e. The lowest BCUT2D eigenvalue weighted by Gasteiger charge is -2.39. The molecule has 12 heteroatoms. The van der Waals surface area contributed by atoms with Crippen LogP contribution in [0.4, 0.5) is 41.1 Å². The van der Waals surface area contributed by atoms with Gasteiger partial charge in [-0.25, -0.2) is 27.8 Å². The van der Waals surface area contributed by atoms with Crippen molar-refractivity contribution in [3.05, 3.63) is 105 Å². The molecule has 0 spiro atoms. The van der Waals surface area contributed by atoms with E-state index in [0.717, 1.165) is 29.1 Å². The monoisotopic (exact) mass is 638 g/mol. The van der Waals surface area contributed by atoms with E-state index in [-0.39, 0.29) is 23.4 Å². The largest absolute Gasteiger partial charge is 0.465 e. The number of amides is 1. The highest BCUT2D eigenvalue weighted by molar-refractivity contribution is 6.31. The van der Waals surface area contributed by atoms with Gasteiger partial charge in [0.25, 0.3) is 0 Å². The first-order valence-corrected chi connectivity index (χ1v) is 14.8. The van der Waals surface area contributed by atoms with E-state index in [1.165, 1.54) is 18.3 Å². The van der Waals surface area contributed by atoms with Crippen molar-refractivity contribution < 1.29 is 23.1 Å². The van der Waals surface area contributed by atoms with Gasteiger partial charge >= 0.3 is 6.09 Å². The van der Waals surface area contributed by atoms with Gasteiger partial charge in [-0.1, -0.05) is 29.3 Å². The summed E-state index contributed by atoms with van der Waals surface area (Å²) in [5.41, 5.74) is 3.12. The highest BCUT2D eigenvalue weighted by atomic mass is 35.5. The average molecular weight is 639 g/mol. The third-order valence-electron chi connectivity index (χ3n) is 8.22. The van der Waals surface area contributed by atoms with Crippen LogP contribution in [-0.4, -0.2) is 58.8 Å². The molecule has 1 aromatic heterocycles. The Bertz CT molecular complexity index is 1730. The number of nitrogens with one attached hydrogen (secondary N) is 1. The number of carbonyl (C=O) groups is 1. The molecule has 2 atom stereocenters. The lowest BCUT2D eigenvalue weighted by molar-refractivity contribution is 0.199. The van der Waals surface area contributed by atoms with Crippen molar-refractivity contribution in [2.45, 2.75) is 39.8 Å². The summed E-state index contributed by atoms with van der Waals surface area (Å²) in [6, 6.07) is 10.4. The lowest BCUT2D eigenvalue weighted by Crippen LogP contribution is -2.50. The van der Waals surface area contributed by atoms with Gasteiger partial charge in [0.2, 0.25) is 5.95 Å². The predicted molar refractivity (Wildman–Crippen MR) is 170 cm³/mol. The fourth-order valence-electron chi connectivity index (χ4n) is 5.94. The minimum Gasteiger partial charge on any atom is -0.465 e. The van der Waals surface area contributed by atoms with Crippen molar-refractivity contribution in [1.29, 1.82) is 0 Å². The fraction of sp³-hybridized carbons (Fsp3) is 0.303. The molecule has 236 valence electrons. The summed E-state index contributed by atoms with van der Waals surface area (Å²) >= 11 is 6.33. The third kappa shape index (κ3) is 6.55. The van der Waals surface area contributed by atoms with Crippen LogP contribution in [0.2, 0.25) is 5.02 Å². The number of carboxylic acid groups (broad SMARTS) is 1. The Balaban J connectivity index is 1.54. The normalized spacial score (nSPS) is 16.0. The lowest BCUT2D eigenvalue weighted by atomic mass is 9.88. The van der Waals surface area contributed by atoms with Crippen molar-refractivity contribution in [2.24, 2.45) is 0 Å². The number of rotatable bonds is 7. The van der Waals surface area contributed by atoms with E-state index in [4.69, 9.17) is 11.6 Å². The van der Waals surface area contributed by atoms with E-state index in [2.05, 4.69) is 27.1 Å². The number of hydrogen-bond acceptors (Lipinski definition) is 6. The molecule has 1 saturated heterocycles. The summed E-state index contributed by atoms with van der Waals surface area (Å²) in [4.78, 5) is 26.6. The molecule has 8 nitrogen and oxygen atoms in total. The van der Waals surface area contributed by atoms with E-state index in [1.807, 2.05) is 31.0 Å². The Morgan fingerprint density at radius 1 is 1.00 bits per heavy atom. The highest BCUT2D eigenvalue weighted by Gasteiger charge is 2.36. The first-order chi connectivity index (χ1) is 21.3. The second-order valence-corrected chi connectivity index (χ2v) is 11.8. The zero-order valence-electron chi connectivity index (χ0n) is 25.6. The quantitative estimate of drug-likeness (QED) is 0.201. The van der Waals surface area contributed by atoms with E-state index < -0.39 is 34.6 Å². The first-order valence-electron chi connectivity index (χ1n) is 14.4. The summed E-state index contributed by atoms with van der Waals surface area (Å²) in [7, 11) is 2.04. The highest BCUT2D eigenvalue weighted by Crippen LogP contribution is 2.41. The molecule has 0 aliphatic carbocycles. The van der Waals surface area contributed by atoms with Crippen molar-refractivity contribution in [3.8, 4) is 0 Å². The van der Waals surface area contributed by atoms with E-state index >= 15 is 8.78 Å². The van der Waals surface area contributed by atoms with E-state index in [9.17, 15) is 14.3 Å². The van der Waals surface area contributed by atoms with Gasteiger partial charge < -0.3 is 20.2 Å². The van der Waals surface area contributed by atoms with Gasteiger partial charge in [0, 0.05) is 43.1 Å². The van der Waals surface area contributed by atoms with Gasteiger partial charge in [0.05, 0.1) is 16.8 Å². The molecule has 2 N–H and O–H groups in total. The van der Waals surface area contributed by atoms with Crippen LogP contribution >= 0.6 is 11.6 Å². The molecule has 1 amide bonds. The van der Waals surface area contributed by atoms with Gasteiger partial charge in [-0.05, 0) is 87.8 Å². The number of likely N-dealkylation sites (N-methyl/N-ethyl adjacent to an activating group) is 1. The number of aromatic nitrogens is 2. The molecule has 3 aromatic carbocycles. The van der Waals surface area contributed by atoms with Gasteiger partial charge in [-0.2, -0.15) is 4.98 Å². The second kappa shape index (κ2) is 12.9. The number of nitrogens with zero attached hydrogens (tertiary/aromatic N) is 5. The molecule has 0 saturated carbocycles. The maximum atomic E-state index is 15.5. The Kier molecular flexibility index (Phi) is 9.22. The Morgan fingerprint density at radius 2 is 1.69 bits per heavy atom. The number of benzene rings is 3. The van der Waals surface area contributed by atoms with Gasteiger partial charge in [0.1, 0.15) is 23.3 Å². The molecule has 0 radical (unpaired) electrons. The minimum atomic E-state index is -1.49. The van der Waals surface area contributed by atoms with Crippen LogP contribution in [0, 0.1) is 38.2 Å². The molecular weight excluding hydrogens is 605 g/mol. The van der Waals surface area contributed by atoms with Crippen LogP contribution in [0.1, 0.15) is 40.8 Å². The predicted octanol–water partition coefficient (Wildman–Crippen LogP) is 7.63. The van der Waals surface area contributed by atoms with Crippen molar-refractivity contribution in [3.63, 3.8) is 0 Å². The Morgan fingerprint density at radius 3 is 2.33 bits per heavy atom. The molecule has 45 heavy (non-hydrogen) atoms. The van der Waals surface area contributed by atoms with Gasteiger partial charge in [-0.15, -0.1) is 0 Å². The zero-order valence-corrected chi connectivity index (χ0v) is 26.3. The number of piperazine rings is 1. The molecule has 1 aliphatic rings. The van der Waals surface area contributed by atoms with Crippen LogP contribution in [0.15, 0.2) is 54.7 Å². The number of anilines is 4. The summed E-state index contributed by atoms with van der Waals surface area (Å²) in [6.07, 6.45) is -0.160. The third-order valence-corrected chi connectivity index (χ3v) is 8.60. The summed E-state index contributed by atoms with van der Waals surface area (Å²) in [5, 5.41) is 12.9. The van der Waals surface area contributed by atoms with E-state index in [0.29, 0.717) is 41.2 Å². The van der Waals surface area contributed by atoms with Crippen LogP contribution < -0.4 is 15.1 Å². The summed E-state index contributed by atoms with van der Waals surface area (Å²) in [6.45, 7) is 9.70. The minimum absolute atomic E-state index is 0.0268. The first kappa shape index (κ1) is 32.1. The van der Waals surface area contributed by atoms with Gasteiger partial charge in [0.15, 0.2) is 0 Å². The Labute approximate surface area is 265 Å². The van der Waals surface area contributed by atoms with Crippen molar-refractivity contribution in [2.75, 3.05) is 41.8 Å². The van der Waals surface area contributed by atoms with Crippen LogP contribution in [0.3, 0.4) is 0 Å². The standard InChI is InChI=1S/C33H34ClF3N6O2/c1-18-14-19(2)28(20(3)15-18)31(29-23(35)7-8-24(36)30(29)34)43(33(44)45)27-10-11-38-32(40-27)39-22-6-9-26(25(37)16-22)42-13-12-41(5)21(4)17-42/h6-11,14-16,21,31H,12-13,17H2,1-5H3,(H,44,45)(H,38,39,40). The molecule has 2 heterocycles. The van der Waals surface area contributed by atoms with Crippen LogP contribution in [-0.2, 0) is 0 Å². The maximum Gasteiger partial charge on any atom is 0.413 e. The van der Waals surface area contributed by atoms with Crippen LogP contribution in [0.5, 0.6) is 0 Å². The SMILES string of the molecule is Cc1cc(C)c(C(c2c(F)ccc(F)c2Cl)N(C(=O)O)c2ccnc(Nc3ccc(N4CCN(C)C(C)C4)c(F)c3)n2)c(C)c1. The number of hydrogen-bond donors (Lipinski definition) is 2. The molecule has 4 aromatic rings. The van der Waals surface area contributed by atoms with E-state index in [1.54, 1.807) is 26.0 Å². The summed E-state index contributed by atoms with van der Waals surface area (Å²) < 4.78 is 45.5. The van der Waals surface area contributed by atoms with Gasteiger partial charge in [-0.3, -0.25) is 0 Å². The van der Waals surface area contributed by atoms with Crippen molar-refractivity contribution in [1.82, 2.24) is 14.9 Å². The topological polar surface area (TPSA) is 84.8 Å². The Hall–Kier alpha value is -4.35. The zero-order chi connectivity index (χ0) is 32.6. The fourth-order valence-corrected chi connectivity index (χ4v) is 6.20. The number of halogens is 4. The molecule has 1 fully saturated rings. The molecule has 0 bridgehead atoms.